The summed E-state index contributed by atoms with van der Waals surface area (Å²) in [6.45, 7) is 6.62. The van der Waals surface area contributed by atoms with Crippen LogP contribution in [0.4, 0.5) is 0 Å². The lowest BCUT2D eigenvalue weighted by Crippen LogP contribution is -2.24. The molecule has 0 atom stereocenters. The van der Waals surface area contributed by atoms with Crippen LogP contribution in [0.3, 0.4) is 0 Å². The molecule has 0 unspecified atom stereocenters. The van der Waals surface area contributed by atoms with Crippen molar-refractivity contribution in [3.8, 4) is 11.5 Å². The molecular formula is C17H20NO4S-. The van der Waals surface area contributed by atoms with E-state index < -0.39 is 5.97 Å². The minimum absolute atomic E-state index is 0.0904. The van der Waals surface area contributed by atoms with E-state index >= 15 is 0 Å². The molecule has 0 aliphatic carbocycles. The van der Waals surface area contributed by atoms with Crippen LogP contribution in [0, 0.1) is 0 Å². The zero-order valence-corrected chi connectivity index (χ0v) is 14.5. The summed E-state index contributed by atoms with van der Waals surface area (Å²) in [6, 6.07) is 5.71. The molecular weight excluding hydrogens is 314 g/mol. The molecule has 2 rings (SSSR count). The van der Waals surface area contributed by atoms with Crippen molar-refractivity contribution in [2.24, 2.45) is 0 Å². The van der Waals surface area contributed by atoms with Gasteiger partial charge in [0.15, 0.2) is 0 Å². The van der Waals surface area contributed by atoms with Crippen LogP contribution in [0.1, 0.15) is 37.0 Å². The van der Waals surface area contributed by atoms with E-state index in [4.69, 9.17) is 9.47 Å². The topological polar surface area (TPSA) is 71.5 Å². The van der Waals surface area contributed by atoms with Gasteiger partial charge in [0, 0.05) is 23.3 Å². The lowest BCUT2D eigenvalue weighted by molar-refractivity contribution is -0.304. The molecule has 0 bridgehead atoms. The fourth-order valence-electron chi connectivity index (χ4n) is 2.13. The maximum atomic E-state index is 10.6. The number of carbonyl (C=O) groups is 1. The number of carboxylic acids is 1. The van der Waals surface area contributed by atoms with Crippen LogP contribution in [0.15, 0.2) is 23.6 Å². The van der Waals surface area contributed by atoms with Crippen molar-refractivity contribution in [2.45, 2.75) is 39.2 Å². The second-order valence-electron chi connectivity index (χ2n) is 6.18. The van der Waals surface area contributed by atoms with Gasteiger partial charge in [0.1, 0.15) is 23.1 Å². The van der Waals surface area contributed by atoms with Gasteiger partial charge in [0.05, 0.1) is 12.8 Å². The van der Waals surface area contributed by atoms with E-state index in [0.717, 1.165) is 22.1 Å². The second kappa shape index (κ2) is 7.00. The monoisotopic (exact) mass is 334 g/mol. The minimum atomic E-state index is -1.13. The Morgan fingerprint density at radius 3 is 2.70 bits per heavy atom. The van der Waals surface area contributed by atoms with Crippen molar-refractivity contribution >= 4 is 17.3 Å². The number of hydrogen-bond donors (Lipinski definition) is 0. The molecule has 0 fully saturated rings. The molecule has 1 heterocycles. The molecule has 0 saturated heterocycles. The summed E-state index contributed by atoms with van der Waals surface area (Å²) in [5.41, 5.74) is 1.45. The predicted octanol–water partition coefficient (Wildman–Crippen LogP) is 2.32. The number of rotatable bonds is 6. The number of benzene rings is 1. The first-order chi connectivity index (χ1) is 10.8. The summed E-state index contributed by atoms with van der Waals surface area (Å²) in [7, 11) is 1.64. The third kappa shape index (κ3) is 4.69. The molecule has 6 heteroatoms. The SMILES string of the molecule is COc1ccc(OCc2nc(CC(=O)[O-])cs2)c(C(C)(C)C)c1. The number of methoxy groups -OCH3 is 1. The fourth-order valence-corrected chi connectivity index (χ4v) is 2.84. The van der Waals surface area contributed by atoms with Crippen molar-refractivity contribution in [3.05, 3.63) is 39.8 Å². The third-order valence-corrected chi connectivity index (χ3v) is 4.14. The van der Waals surface area contributed by atoms with Gasteiger partial charge in [0.2, 0.25) is 0 Å². The van der Waals surface area contributed by atoms with Gasteiger partial charge in [-0.1, -0.05) is 20.8 Å². The molecule has 0 N–H and O–H groups in total. The molecule has 5 nitrogen and oxygen atoms in total. The Morgan fingerprint density at radius 1 is 1.35 bits per heavy atom. The van der Waals surface area contributed by atoms with Gasteiger partial charge in [0.25, 0.3) is 0 Å². The van der Waals surface area contributed by atoms with Crippen LogP contribution in [-0.4, -0.2) is 18.1 Å². The van der Waals surface area contributed by atoms with Crippen molar-refractivity contribution in [2.75, 3.05) is 7.11 Å². The van der Waals surface area contributed by atoms with E-state index in [0.29, 0.717) is 12.3 Å². The lowest BCUT2D eigenvalue weighted by Gasteiger charge is -2.23. The number of aromatic nitrogens is 1. The standard InChI is InChI=1S/C17H21NO4S/c1-17(2,3)13-8-12(21-4)5-6-14(13)22-9-15-18-11(10-23-15)7-16(19)20/h5-6,8,10H,7,9H2,1-4H3,(H,19,20)/p-1. The summed E-state index contributed by atoms with van der Waals surface area (Å²) in [4.78, 5) is 14.8. The quantitative estimate of drug-likeness (QED) is 0.811. The molecule has 23 heavy (non-hydrogen) atoms. The number of carboxylic acid groups (broad SMARTS) is 1. The summed E-state index contributed by atoms with van der Waals surface area (Å²) < 4.78 is 11.2. The Labute approximate surface area is 139 Å². The van der Waals surface area contributed by atoms with Gasteiger partial charge < -0.3 is 19.4 Å². The molecule has 0 radical (unpaired) electrons. The van der Waals surface area contributed by atoms with Crippen LogP contribution in [0.2, 0.25) is 0 Å². The number of aliphatic carboxylic acids is 1. The van der Waals surface area contributed by atoms with Crippen molar-refractivity contribution < 1.29 is 19.4 Å². The Hall–Kier alpha value is -2.08. The van der Waals surface area contributed by atoms with Gasteiger partial charge in [-0.15, -0.1) is 11.3 Å². The number of ether oxygens (including phenoxy) is 2. The van der Waals surface area contributed by atoms with E-state index in [-0.39, 0.29) is 11.8 Å². The molecule has 2 aromatic rings. The van der Waals surface area contributed by atoms with Crippen LogP contribution in [-0.2, 0) is 23.2 Å². The van der Waals surface area contributed by atoms with E-state index in [2.05, 4.69) is 25.8 Å². The largest absolute Gasteiger partial charge is 0.550 e. The van der Waals surface area contributed by atoms with Crippen molar-refractivity contribution in [1.29, 1.82) is 0 Å². The highest BCUT2D eigenvalue weighted by Gasteiger charge is 2.20. The van der Waals surface area contributed by atoms with Gasteiger partial charge in [-0.05, 0) is 23.6 Å². The molecule has 1 aromatic carbocycles. The van der Waals surface area contributed by atoms with Crippen LogP contribution < -0.4 is 14.6 Å². The molecule has 0 aliphatic heterocycles. The first-order valence-corrected chi connectivity index (χ1v) is 8.12. The smallest absolute Gasteiger partial charge is 0.140 e. The van der Waals surface area contributed by atoms with Crippen molar-refractivity contribution in [1.82, 2.24) is 4.98 Å². The van der Waals surface area contributed by atoms with Crippen LogP contribution in [0.25, 0.3) is 0 Å². The zero-order valence-electron chi connectivity index (χ0n) is 13.7. The Balaban J connectivity index is 2.14. The maximum absolute atomic E-state index is 10.6. The average Bonchev–Trinajstić information content (AvgIpc) is 2.90. The predicted molar refractivity (Wildman–Crippen MR) is 86.9 cm³/mol. The highest BCUT2D eigenvalue weighted by molar-refractivity contribution is 7.09. The lowest BCUT2D eigenvalue weighted by atomic mass is 9.86. The van der Waals surface area contributed by atoms with E-state index in [1.54, 1.807) is 12.5 Å². The summed E-state index contributed by atoms with van der Waals surface area (Å²) >= 11 is 1.38. The fraction of sp³-hybridized carbons (Fsp3) is 0.412. The minimum Gasteiger partial charge on any atom is -0.550 e. The van der Waals surface area contributed by atoms with Crippen LogP contribution in [0.5, 0.6) is 11.5 Å². The van der Waals surface area contributed by atoms with Crippen LogP contribution >= 0.6 is 11.3 Å². The Kier molecular flexibility index (Phi) is 5.26. The number of nitrogens with zero attached hydrogens (tertiary/aromatic N) is 1. The molecule has 0 spiro atoms. The molecule has 0 saturated carbocycles. The van der Waals surface area contributed by atoms with Crippen molar-refractivity contribution in [3.63, 3.8) is 0 Å². The summed E-state index contributed by atoms with van der Waals surface area (Å²) in [6.07, 6.45) is -0.174. The second-order valence-corrected chi connectivity index (χ2v) is 7.12. The van der Waals surface area contributed by atoms with E-state index in [1.165, 1.54) is 11.3 Å². The third-order valence-electron chi connectivity index (χ3n) is 3.27. The molecule has 124 valence electrons. The highest BCUT2D eigenvalue weighted by atomic mass is 32.1. The molecule has 0 amide bonds. The summed E-state index contributed by atoms with van der Waals surface area (Å²) in [5.74, 6) is 0.427. The number of hydrogen-bond acceptors (Lipinski definition) is 6. The maximum Gasteiger partial charge on any atom is 0.140 e. The first kappa shape index (κ1) is 17.3. The van der Waals surface area contributed by atoms with Gasteiger partial charge >= 0.3 is 0 Å². The zero-order chi connectivity index (χ0) is 17.0. The molecule has 0 aliphatic rings. The van der Waals surface area contributed by atoms with E-state index in [9.17, 15) is 9.90 Å². The Bertz CT molecular complexity index is 688. The normalized spacial score (nSPS) is 11.3. The highest BCUT2D eigenvalue weighted by Crippen LogP contribution is 2.34. The average molecular weight is 334 g/mol. The van der Waals surface area contributed by atoms with Gasteiger partial charge in [-0.25, -0.2) is 4.98 Å². The number of carbonyl (C=O) groups excluding carboxylic acids is 1. The summed E-state index contributed by atoms with van der Waals surface area (Å²) in [5, 5.41) is 13.0. The van der Waals surface area contributed by atoms with E-state index in [1.807, 2.05) is 18.2 Å². The van der Waals surface area contributed by atoms with Gasteiger partial charge in [-0.2, -0.15) is 0 Å². The first-order valence-electron chi connectivity index (χ1n) is 7.24. The molecule has 1 aromatic heterocycles. The van der Waals surface area contributed by atoms with Gasteiger partial charge in [-0.3, -0.25) is 0 Å². The Morgan fingerprint density at radius 2 is 2.09 bits per heavy atom. The number of thiazole rings is 1.